The average Bonchev–Trinajstić information content (AvgIpc) is 3.12. The van der Waals surface area contributed by atoms with Crippen molar-refractivity contribution < 1.29 is 23.9 Å². The molecular weight excluding hydrogens is 382 g/mol. The Morgan fingerprint density at radius 1 is 0.800 bits per heavy atom. The maximum absolute atomic E-state index is 12.4. The Bertz CT molecular complexity index is 1060. The Balaban J connectivity index is 1.42. The van der Waals surface area contributed by atoms with E-state index in [1.54, 1.807) is 24.3 Å². The van der Waals surface area contributed by atoms with Crippen LogP contribution in [0.4, 0.5) is 5.69 Å². The van der Waals surface area contributed by atoms with Gasteiger partial charge in [-0.2, -0.15) is 0 Å². The number of para-hydroxylation sites is 2. The minimum Gasteiger partial charge on any atom is -0.457 e. The van der Waals surface area contributed by atoms with E-state index in [0.29, 0.717) is 22.7 Å². The van der Waals surface area contributed by atoms with Gasteiger partial charge in [-0.05, 0) is 42.5 Å². The van der Waals surface area contributed by atoms with Crippen LogP contribution < -0.4 is 9.64 Å². The maximum atomic E-state index is 12.4. The largest absolute Gasteiger partial charge is 0.457 e. The van der Waals surface area contributed by atoms with E-state index in [9.17, 15) is 14.4 Å². The van der Waals surface area contributed by atoms with E-state index in [1.165, 1.54) is 0 Å². The molecule has 150 valence electrons. The van der Waals surface area contributed by atoms with Crippen molar-refractivity contribution >= 4 is 23.5 Å². The van der Waals surface area contributed by atoms with Crippen LogP contribution in [0.5, 0.6) is 11.5 Å². The van der Waals surface area contributed by atoms with Gasteiger partial charge in [0.2, 0.25) is 11.8 Å². The third-order valence-corrected chi connectivity index (χ3v) is 4.72. The zero-order chi connectivity index (χ0) is 20.9. The van der Waals surface area contributed by atoms with Crippen LogP contribution in [0.2, 0.25) is 0 Å². The summed E-state index contributed by atoms with van der Waals surface area (Å²) in [5, 5.41) is 0. The predicted octanol–water partition coefficient (Wildman–Crippen LogP) is 4.49. The molecule has 0 N–H and O–H groups in total. The van der Waals surface area contributed by atoms with E-state index in [4.69, 9.17) is 9.47 Å². The van der Waals surface area contributed by atoms with Gasteiger partial charge >= 0.3 is 5.97 Å². The molecule has 2 amide bonds. The Hall–Kier alpha value is -3.93. The molecule has 0 unspecified atom stereocenters. The number of nitrogens with zero attached hydrogens (tertiary/aromatic N) is 1. The molecule has 0 spiro atoms. The van der Waals surface area contributed by atoms with Gasteiger partial charge in [0.25, 0.3) is 0 Å². The lowest BCUT2D eigenvalue weighted by molar-refractivity contribution is -0.121. The monoisotopic (exact) mass is 401 g/mol. The molecule has 30 heavy (non-hydrogen) atoms. The molecule has 1 fully saturated rings. The predicted molar refractivity (Wildman–Crippen MR) is 110 cm³/mol. The van der Waals surface area contributed by atoms with Crippen LogP contribution >= 0.6 is 0 Å². The number of benzene rings is 3. The fourth-order valence-electron chi connectivity index (χ4n) is 3.18. The van der Waals surface area contributed by atoms with E-state index < -0.39 is 5.97 Å². The second-order valence-electron chi connectivity index (χ2n) is 6.77. The van der Waals surface area contributed by atoms with Crippen molar-refractivity contribution in [1.82, 2.24) is 0 Å². The van der Waals surface area contributed by atoms with E-state index >= 15 is 0 Å². The Kier molecular flexibility index (Phi) is 5.57. The number of rotatable bonds is 6. The number of hydrogen-bond donors (Lipinski definition) is 0. The van der Waals surface area contributed by atoms with Crippen molar-refractivity contribution in [1.29, 1.82) is 0 Å². The van der Waals surface area contributed by atoms with Gasteiger partial charge < -0.3 is 9.47 Å². The first-order valence-electron chi connectivity index (χ1n) is 9.55. The SMILES string of the molecule is O=C(OCc1ccccc1Oc1ccccc1)c1ccc(N2C(=O)CCC2=O)cc1. The molecular formula is C24H19NO5. The zero-order valence-corrected chi connectivity index (χ0v) is 16.1. The van der Waals surface area contributed by atoms with Gasteiger partial charge in [-0.25, -0.2) is 4.79 Å². The van der Waals surface area contributed by atoms with Gasteiger partial charge in [0.1, 0.15) is 18.1 Å². The first-order valence-corrected chi connectivity index (χ1v) is 9.55. The third kappa shape index (κ3) is 4.22. The normalized spacial score (nSPS) is 13.4. The number of anilines is 1. The smallest absolute Gasteiger partial charge is 0.338 e. The molecule has 6 heteroatoms. The number of imide groups is 1. The standard InChI is InChI=1S/C24H19NO5/c26-22-14-15-23(27)25(22)19-12-10-17(11-13-19)24(28)29-16-18-6-4-5-9-21(18)30-20-7-2-1-3-8-20/h1-13H,14-16H2. The molecule has 0 saturated carbocycles. The number of amides is 2. The van der Waals surface area contributed by atoms with E-state index in [2.05, 4.69) is 0 Å². The summed E-state index contributed by atoms with van der Waals surface area (Å²) in [7, 11) is 0. The lowest BCUT2D eigenvalue weighted by Crippen LogP contribution is -2.28. The first kappa shape index (κ1) is 19.4. The molecule has 0 aliphatic carbocycles. The lowest BCUT2D eigenvalue weighted by Gasteiger charge is -2.14. The summed E-state index contributed by atoms with van der Waals surface area (Å²) < 4.78 is 11.3. The summed E-state index contributed by atoms with van der Waals surface area (Å²) in [5.41, 5.74) is 1.53. The summed E-state index contributed by atoms with van der Waals surface area (Å²) in [4.78, 5) is 37.2. The molecule has 0 aromatic heterocycles. The third-order valence-electron chi connectivity index (χ3n) is 4.72. The van der Waals surface area contributed by atoms with Crippen LogP contribution in [0.15, 0.2) is 78.9 Å². The van der Waals surface area contributed by atoms with Crippen molar-refractivity contribution in [2.75, 3.05) is 4.90 Å². The topological polar surface area (TPSA) is 72.9 Å². The first-order chi connectivity index (χ1) is 14.6. The molecule has 1 saturated heterocycles. The molecule has 0 bridgehead atoms. The van der Waals surface area contributed by atoms with Crippen LogP contribution in [0.25, 0.3) is 0 Å². The van der Waals surface area contributed by atoms with Gasteiger partial charge in [0.15, 0.2) is 0 Å². The van der Waals surface area contributed by atoms with Gasteiger partial charge in [0, 0.05) is 18.4 Å². The van der Waals surface area contributed by atoms with Gasteiger partial charge in [-0.15, -0.1) is 0 Å². The van der Waals surface area contributed by atoms with Crippen LogP contribution in [0.3, 0.4) is 0 Å². The average molecular weight is 401 g/mol. The van der Waals surface area contributed by atoms with Crippen molar-refractivity contribution in [3.05, 3.63) is 90.0 Å². The van der Waals surface area contributed by atoms with Crippen molar-refractivity contribution in [3.8, 4) is 11.5 Å². The van der Waals surface area contributed by atoms with Crippen molar-refractivity contribution in [3.63, 3.8) is 0 Å². The molecule has 3 aromatic rings. The quantitative estimate of drug-likeness (QED) is 0.450. The number of ether oxygens (including phenoxy) is 2. The molecule has 4 rings (SSSR count). The molecule has 0 radical (unpaired) electrons. The number of esters is 1. The number of hydrogen-bond acceptors (Lipinski definition) is 5. The summed E-state index contributed by atoms with van der Waals surface area (Å²) in [6.07, 6.45) is 0.431. The minimum absolute atomic E-state index is 0.0483. The number of carbonyl (C=O) groups is 3. The molecule has 1 heterocycles. The second kappa shape index (κ2) is 8.61. The zero-order valence-electron chi connectivity index (χ0n) is 16.1. The fourth-order valence-corrected chi connectivity index (χ4v) is 3.18. The van der Waals surface area contributed by atoms with E-state index in [0.717, 1.165) is 10.5 Å². The highest BCUT2D eigenvalue weighted by Gasteiger charge is 2.30. The lowest BCUT2D eigenvalue weighted by atomic mass is 10.2. The van der Waals surface area contributed by atoms with Gasteiger partial charge in [-0.1, -0.05) is 36.4 Å². The summed E-state index contributed by atoms with van der Waals surface area (Å²) >= 11 is 0. The summed E-state index contributed by atoms with van der Waals surface area (Å²) in [6.45, 7) is 0.0483. The van der Waals surface area contributed by atoms with Gasteiger partial charge in [0.05, 0.1) is 11.3 Å². The Morgan fingerprint density at radius 2 is 1.43 bits per heavy atom. The molecule has 6 nitrogen and oxygen atoms in total. The van der Waals surface area contributed by atoms with Crippen LogP contribution in [0, 0.1) is 0 Å². The van der Waals surface area contributed by atoms with Crippen LogP contribution in [-0.2, 0) is 20.9 Å². The summed E-state index contributed by atoms with van der Waals surface area (Å²) in [6, 6.07) is 22.9. The Labute approximate surface area is 173 Å². The highest BCUT2D eigenvalue weighted by molar-refractivity contribution is 6.19. The fraction of sp³-hybridized carbons (Fsp3) is 0.125. The maximum Gasteiger partial charge on any atom is 0.338 e. The molecule has 1 aliphatic heterocycles. The van der Waals surface area contributed by atoms with Crippen molar-refractivity contribution in [2.24, 2.45) is 0 Å². The number of carbonyl (C=O) groups excluding carboxylic acids is 3. The second-order valence-corrected chi connectivity index (χ2v) is 6.77. The minimum atomic E-state index is -0.505. The molecule has 3 aromatic carbocycles. The summed E-state index contributed by atoms with van der Waals surface area (Å²) in [5.74, 6) is 0.335. The highest BCUT2D eigenvalue weighted by atomic mass is 16.5. The highest BCUT2D eigenvalue weighted by Crippen LogP contribution is 2.26. The van der Waals surface area contributed by atoms with Crippen molar-refractivity contribution in [2.45, 2.75) is 19.4 Å². The molecule has 1 aliphatic rings. The van der Waals surface area contributed by atoms with Crippen LogP contribution in [-0.4, -0.2) is 17.8 Å². The Morgan fingerprint density at radius 3 is 2.13 bits per heavy atom. The van der Waals surface area contributed by atoms with Gasteiger partial charge in [-0.3, -0.25) is 14.5 Å². The molecule has 0 atom stereocenters. The van der Waals surface area contributed by atoms with Crippen LogP contribution in [0.1, 0.15) is 28.8 Å². The van der Waals surface area contributed by atoms with E-state index in [-0.39, 0.29) is 31.3 Å². The van der Waals surface area contributed by atoms with E-state index in [1.807, 2.05) is 54.6 Å².